The molecule has 8 nitrogen and oxygen atoms in total. The molecule has 1 heterocycles. The smallest absolute Gasteiger partial charge is 0.402 e. The van der Waals surface area contributed by atoms with Crippen LogP contribution in [0.1, 0.15) is 5.56 Å². The molecule has 0 unspecified atom stereocenters. The van der Waals surface area contributed by atoms with Crippen molar-refractivity contribution < 1.29 is 26.3 Å². The highest BCUT2D eigenvalue weighted by molar-refractivity contribution is 7.89. The molecule has 0 aliphatic rings. The van der Waals surface area contributed by atoms with Gasteiger partial charge in [0.05, 0.1) is 11.1 Å². The Hall–Kier alpha value is -3.40. The van der Waals surface area contributed by atoms with E-state index in [1.807, 2.05) is 6.07 Å². The van der Waals surface area contributed by atoms with Crippen molar-refractivity contribution in [1.29, 1.82) is 5.26 Å². The molecule has 0 saturated heterocycles. The van der Waals surface area contributed by atoms with Gasteiger partial charge < -0.3 is 10.1 Å². The highest BCUT2D eigenvalue weighted by atomic mass is 35.5. The molecule has 166 valence electrons. The Morgan fingerprint density at radius 3 is 2.34 bits per heavy atom. The minimum atomic E-state index is -4.67. The van der Waals surface area contributed by atoms with Crippen molar-refractivity contribution in [1.82, 2.24) is 14.7 Å². The fourth-order valence-corrected chi connectivity index (χ4v) is 3.44. The summed E-state index contributed by atoms with van der Waals surface area (Å²) in [6.45, 7) is -1.68. The average molecular weight is 484 g/mol. The minimum Gasteiger partial charge on any atom is -0.438 e. The van der Waals surface area contributed by atoms with E-state index in [-0.39, 0.29) is 22.3 Å². The molecule has 3 rings (SSSR count). The van der Waals surface area contributed by atoms with E-state index < -0.39 is 22.7 Å². The van der Waals surface area contributed by atoms with Gasteiger partial charge in [-0.3, -0.25) is 0 Å². The number of halogens is 4. The number of hydrogen-bond acceptors (Lipinski definition) is 7. The molecule has 13 heteroatoms. The number of nitrogens with zero attached hydrogens (tertiary/aromatic N) is 3. The molecule has 2 aromatic carbocycles. The zero-order valence-electron chi connectivity index (χ0n) is 15.9. The lowest BCUT2D eigenvalue weighted by atomic mass is 10.3. The summed E-state index contributed by atoms with van der Waals surface area (Å²) >= 11 is 5.83. The Labute approximate surface area is 185 Å². The van der Waals surface area contributed by atoms with Gasteiger partial charge in [-0.15, -0.1) is 0 Å². The molecule has 3 aromatic rings. The van der Waals surface area contributed by atoms with Crippen molar-refractivity contribution in [2.45, 2.75) is 11.1 Å². The lowest BCUT2D eigenvalue weighted by Gasteiger charge is -2.11. The maximum absolute atomic E-state index is 12.3. The lowest BCUT2D eigenvalue weighted by molar-refractivity contribution is -0.121. The van der Waals surface area contributed by atoms with Crippen molar-refractivity contribution in [3.05, 3.63) is 65.3 Å². The molecular weight excluding hydrogens is 471 g/mol. The van der Waals surface area contributed by atoms with E-state index in [9.17, 15) is 26.9 Å². The Bertz CT molecular complexity index is 1250. The van der Waals surface area contributed by atoms with Crippen LogP contribution in [0, 0.1) is 11.3 Å². The molecule has 0 spiro atoms. The molecule has 32 heavy (non-hydrogen) atoms. The maximum Gasteiger partial charge on any atom is 0.402 e. The van der Waals surface area contributed by atoms with Crippen molar-refractivity contribution >= 4 is 33.3 Å². The molecule has 0 aliphatic carbocycles. The zero-order valence-corrected chi connectivity index (χ0v) is 17.5. The van der Waals surface area contributed by atoms with Crippen LogP contribution < -0.4 is 14.8 Å². The van der Waals surface area contributed by atoms with Gasteiger partial charge in [0.2, 0.25) is 21.9 Å². The van der Waals surface area contributed by atoms with Crippen molar-refractivity contribution in [2.75, 3.05) is 11.9 Å². The molecule has 0 bridgehead atoms. The SMILES string of the molecule is N#Cc1cnc(Nc2ccc(S(=O)(=O)NCC(F)(F)F)cc2)nc1Oc1ccc(Cl)cc1. The van der Waals surface area contributed by atoms with E-state index in [0.29, 0.717) is 16.5 Å². The fourth-order valence-electron chi connectivity index (χ4n) is 2.30. The average Bonchev–Trinajstić information content (AvgIpc) is 2.74. The summed E-state index contributed by atoms with van der Waals surface area (Å²) in [7, 11) is -4.33. The van der Waals surface area contributed by atoms with Crippen LogP contribution in [0.4, 0.5) is 24.8 Å². The molecule has 0 radical (unpaired) electrons. The zero-order chi connectivity index (χ0) is 23.4. The molecule has 1 aromatic heterocycles. The van der Waals surface area contributed by atoms with Gasteiger partial charge in [-0.25, -0.2) is 18.1 Å². The monoisotopic (exact) mass is 483 g/mol. The van der Waals surface area contributed by atoms with E-state index in [4.69, 9.17) is 16.3 Å². The standard InChI is InChI=1S/C19H13ClF3N5O3S/c20-13-1-5-15(6-2-13)31-17-12(9-24)10-25-18(28-17)27-14-3-7-16(8-4-14)32(29,30)26-11-19(21,22)23/h1-8,10,26H,11H2,(H,25,27,28). The summed E-state index contributed by atoms with van der Waals surface area (Å²) in [5.41, 5.74) is 0.421. The van der Waals surface area contributed by atoms with Gasteiger partial charge in [0, 0.05) is 10.7 Å². The first-order chi connectivity index (χ1) is 15.1. The summed E-state index contributed by atoms with van der Waals surface area (Å²) in [4.78, 5) is 7.77. The number of alkyl halides is 3. The molecule has 0 amide bonds. The highest BCUT2D eigenvalue weighted by Crippen LogP contribution is 2.26. The van der Waals surface area contributed by atoms with Gasteiger partial charge in [-0.05, 0) is 48.5 Å². The summed E-state index contributed by atoms with van der Waals surface area (Å²) in [6, 6.07) is 13.2. The fraction of sp³-hybridized carbons (Fsp3) is 0.105. The number of nitrogens with one attached hydrogen (secondary N) is 2. The van der Waals surface area contributed by atoms with E-state index >= 15 is 0 Å². The third kappa shape index (κ3) is 6.30. The number of nitriles is 1. The van der Waals surface area contributed by atoms with Crippen LogP contribution in [0.5, 0.6) is 11.6 Å². The second kappa shape index (κ2) is 9.39. The summed E-state index contributed by atoms with van der Waals surface area (Å²) in [5.74, 6) is 0.401. The maximum atomic E-state index is 12.3. The molecule has 0 aliphatic heterocycles. The molecule has 0 atom stereocenters. The van der Waals surface area contributed by atoms with E-state index in [0.717, 1.165) is 12.1 Å². The predicted octanol–water partition coefficient (Wildman–Crippen LogP) is 4.38. The van der Waals surface area contributed by atoms with Crippen LogP contribution in [0.15, 0.2) is 59.6 Å². The first kappa shape index (κ1) is 23.3. The van der Waals surface area contributed by atoms with Crippen LogP contribution in [0.25, 0.3) is 0 Å². The van der Waals surface area contributed by atoms with Crippen molar-refractivity contribution in [3.8, 4) is 17.7 Å². The number of aromatic nitrogens is 2. The third-order valence-corrected chi connectivity index (χ3v) is 5.45. The molecule has 0 fully saturated rings. The van der Waals surface area contributed by atoms with Crippen molar-refractivity contribution in [3.63, 3.8) is 0 Å². The Balaban J connectivity index is 1.76. The first-order valence-electron chi connectivity index (χ1n) is 8.70. The van der Waals surface area contributed by atoms with Crippen LogP contribution in [-0.2, 0) is 10.0 Å². The second-order valence-electron chi connectivity index (χ2n) is 6.17. The van der Waals surface area contributed by atoms with E-state index in [2.05, 4.69) is 15.3 Å². The van der Waals surface area contributed by atoms with Gasteiger partial charge in [0.1, 0.15) is 23.9 Å². The Morgan fingerprint density at radius 2 is 1.75 bits per heavy atom. The van der Waals surface area contributed by atoms with E-state index in [1.165, 1.54) is 23.1 Å². The normalized spacial score (nSPS) is 11.6. The molecular formula is C19H13ClF3N5O3S. The number of hydrogen-bond donors (Lipinski definition) is 2. The number of benzene rings is 2. The topological polar surface area (TPSA) is 117 Å². The number of anilines is 2. The van der Waals surface area contributed by atoms with Gasteiger partial charge in [0.15, 0.2) is 0 Å². The molecule has 0 saturated carbocycles. The first-order valence-corrected chi connectivity index (χ1v) is 10.6. The Morgan fingerprint density at radius 1 is 1.09 bits per heavy atom. The summed E-state index contributed by atoms with van der Waals surface area (Å²) in [5, 5.41) is 12.5. The number of sulfonamides is 1. The number of ether oxygens (including phenoxy) is 1. The lowest BCUT2D eigenvalue weighted by Crippen LogP contribution is -2.33. The largest absolute Gasteiger partial charge is 0.438 e. The quantitative estimate of drug-likeness (QED) is 0.512. The van der Waals surface area contributed by atoms with Gasteiger partial charge in [-0.1, -0.05) is 11.6 Å². The van der Waals surface area contributed by atoms with Gasteiger partial charge >= 0.3 is 6.18 Å². The van der Waals surface area contributed by atoms with E-state index in [1.54, 1.807) is 24.3 Å². The highest BCUT2D eigenvalue weighted by Gasteiger charge is 2.30. The molecule has 2 N–H and O–H groups in total. The summed E-state index contributed by atoms with van der Waals surface area (Å²) < 4.78 is 67.8. The second-order valence-corrected chi connectivity index (χ2v) is 8.37. The number of rotatable bonds is 7. The minimum absolute atomic E-state index is 0.0251. The Kier molecular flexibility index (Phi) is 6.83. The van der Waals surface area contributed by atoms with Crippen LogP contribution >= 0.6 is 11.6 Å². The predicted molar refractivity (Wildman–Crippen MR) is 109 cm³/mol. The summed E-state index contributed by atoms with van der Waals surface area (Å²) in [6.07, 6.45) is -3.44. The third-order valence-electron chi connectivity index (χ3n) is 3.79. The van der Waals surface area contributed by atoms with Gasteiger partial charge in [-0.2, -0.15) is 23.4 Å². The van der Waals surface area contributed by atoms with Crippen LogP contribution in [0.2, 0.25) is 5.02 Å². The van der Waals surface area contributed by atoms with Crippen LogP contribution in [-0.4, -0.2) is 31.1 Å². The van der Waals surface area contributed by atoms with Crippen LogP contribution in [0.3, 0.4) is 0 Å². The van der Waals surface area contributed by atoms with Gasteiger partial charge in [0.25, 0.3) is 0 Å². The van der Waals surface area contributed by atoms with Crippen molar-refractivity contribution in [2.24, 2.45) is 0 Å².